The maximum atomic E-state index is 7.49. The van der Waals surface area contributed by atoms with Crippen molar-refractivity contribution in [1.82, 2.24) is 0 Å². The molecule has 0 heterocycles. The molecule has 0 bridgehead atoms. The fourth-order valence-electron chi connectivity index (χ4n) is 1.66. The first-order chi connectivity index (χ1) is 4.83. The van der Waals surface area contributed by atoms with Gasteiger partial charge in [0.05, 0.1) is 0 Å². The van der Waals surface area contributed by atoms with Gasteiger partial charge in [0.2, 0.25) is 0 Å². The smallest absolute Gasteiger partial charge is 0.00892 e. The summed E-state index contributed by atoms with van der Waals surface area (Å²) in [5.41, 5.74) is 0.982. The van der Waals surface area contributed by atoms with Crippen LogP contribution in [0.15, 0.2) is 0 Å². The van der Waals surface area contributed by atoms with E-state index in [-0.39, 0.29) is 0 Å². The van der Waals surface area contributed by atoms with E-state index in [1.807, 2.05) is 0 Å². The fourth-order valence-corrected chi connectivity index (χ4v) is 1.66. The Morgan fingerprint density at radius 3 is 2.90 bits per heavy atom. The normalized spacial score (nSPS) is 28.1. The number of nitrogens with one attached hydrogen (secondary N) is 1. The molecule has 1 aliphatic rings. The standard InChI is InChI=1S/C9H17N/c1-2-8-4-3-5-9(10)7-6-8/h8,10H,2-7H2,1H3. The highest BCUT2D eigenvalue weighted by Gasteiger charge is 2.11. The van der Waals surface area contributed by atoms with Gasteiger partial charge in [0.25, 0.3) is 0 Å². The van der Waals surface area contributed by atoms with E-state index in [1.54, 1.807) is 0 Å². The monoisotopic (exact) mass is 139 g/mol. The van der Waals surface area contributed by atoms with Crippen molar-refractivity contribution in [2.24, 2.45) is 5.92 Å². The van der Waals surface area contributed by atoms with Crippen molar-refractivity contribution in [3.05, 3.63) is 0 Å². The summed E-state index contributed by atoms with van der Waals surface area (Å²) in [6.45, 7) is 2.26. The van der Waals surface area contributed by atoms with Crippen molar-refractivity contribution in [2.45, 2.75) is 45.4 Å². The first-order valence-corrected chi connectivity index (χ1v) is 4.39. The van der Waals surface area contributed by atoms with Crippen LogP contribution in [0.3, 0.4) is 0 Å². The summed E-state index contributed by atoms with van der Waals surface area (Å²) < 4.78 is 0. The van der Waals surface area contributed by atoms with Crippen molar-refractivity contribution < 1.29 is 0 Å². The highest BCUT2D eigenvalue weighted by molar-refractivity contribution is 5.81. The molecular weight excluding hydrogens is 122 g/mol. The first-order valence-electron chi connectivity index (χ1n) is 4.39. The molecule has 0 aliphatic heterocycles. The second-order valence-electron chi connectivity index (χ2n) is 3.31. The second kappa shape index (κ2) is 3.75. The lowest BCUT2D eigenvalue weighted by atomic mass is 9.98. The second-order valence-corrected chi connectivity index (χ2v) is 3.31. The van der Waals surface area contributed by atoms with Crippen molar-refractivity contribution >= 4 is 5.71 Å². The van der Waals surface area contributed by atoms with Crippen LogP contribution in [0.25, 0.3) is 0 Å². The maximum absolute atomic E-state index is 7.49. The summed E-state index contributed by atoms with van der Waals surface area (Å²) in [7, 11) is 0. The van der Waals surface area contributed by atoms with Gasteiger partial charge in [-0.1, -0.05) is 19.8 Å². The molecule has 1 rings (SSSR count). The Labute approximate surface area is 63.3 Å². The summed E-state index contributed by atoms with van der Waals surface area (Å²) >= 11 is 0. The summed E-state index contributed by atoms with van der Waals surface area (Å²) in [6.07, 6.45) is 7.34. The molecule has 1 saturated carbocycles. The largest absolute Gasteiger partial charge is 0.310 e. The van der Waals surface area contributed by atoms with Crippen LogP contribution in [0, 0.1) is 11.3 Å². The Bertz CT molecular complexity index is 118. The van der Waals surface area contributed by atoms with E-state index in [4.69, 9.17) is 5.41 Å². The van der Waals surface area contributed by atoms with Crippen LogP contribution < -0.4 is 0 Å². The molecule has 1 nitrogen and oxygen atoms in total. The van der Waals surface area contributed by atoms with Gasteiger partial charge in [0.1, 0.15) is 0 Å². The van der Waals surface area contributed by atoms with Crippen LogP contribution in [-0.2, 0) is 0 Å². The number of rotatable bonds is 1. The molecule has 0 aromatic rings. The molecule has 0 radical (unpaired) electrons. The fraction of sp³-hybridized carbons (Fsp3) is 0.889. The van der Waals surface area contributed by atoms with E-state index in [0.717, 1.165) is 24.5 Å². The van der Waals surface area contributed by atoms with Gasteiger partial charge in [-0.2, -0.15) is 0 Å². The Morgan fingerprint density at radius 1 is 1.40 bits per heavy atom. The van der Waals surface area contributed by atoms with Crippen molar-refractivity contribution in [1.29, 1.82) is 5.41 Å². The van der Waals surface area contributed by atoms with E-state index in [2.05, 4.69) is 6.92 Å². The molecule has 0 aromatic heterocycles. The van der Waals surface area contributed by atoms with Gasteiger partial charge in [-0.25, -0.2) is 0 Å². The van der Waals surface area contributed by atoms with Gasteiger partial charge in [-0.15, -0.1) is 0 Å². The Kier molecular flexibility index (Phi) is 2.91. The van der Waals surface area contributed by atoms with Gasteiger partial charge < -0.3 is 5.41 Å². The predicted octanol–water partition coefficient (Wildman–Crippen LogP) is 3.00. The molecule has 1 fully saturated rings. The SMILES string of the molecule is CCC1CCCC(=N)CC1. The quantitative estimate of drug-likeness (QED) is 0.540. The lowest BCUT2D eigenvalue weighted by Crippen LogP contribution is -1.96. The number of hydrogen-bond acceptors (Lipinski definition) is 1. The average molecular weight is 139 g/mol. The van der Waals surface area contributed by atoms with E-state index in [1.165, 1.54) is 25.7 Å². The molecule has 1 heteroatoms. The predicted molar refractivity (Wildman–Crippen MR) is 44.6 cm³/mol. The van der Waals surface area contributed by atoms with Gasteiger partial charge in [-0.05, 0) is 31.6 Å². The van der Waals surface area contributed by atoms with Crippen LogP contribution >= 0.6 is 0 Å². The molecular formula is C9H17N. The molecule has 0 aromatic carbocycles. The molecule has 1 N–H and O–H groups in total. The highest BCUT2D eigenvalue weighted by atomic mass is 14.4. The summed E-state index contributed by atoms with van der Waals surface area (Å²) in [5.74, 6) is 0.919. The zero-order chi connectivity index (χ0) is 7.40. The zero-order valence-electron chi connectivity index (χ0n) is 6.82. The van der Waals surface area contributed by atoms with Crippen molar-refractivity contribution in [2.75, 3.05) is 0 Å². The Balaban J connectivity index is 2.33. The van der Waals surface area contributed by atoms with Crippen LogP contribution in [-0.4, -0.2) is 5.71 Å². The van der Waals surface area contributed by atoms with E-state index in [0.29, 0.717) is 0 Å². The third-order valence-electron chi connectivity index (χ3n) is 2.52. The van der Waals surface area contributed by atoms with Gasteiger partial charge in [-0.3, -0.25) is 0 Å². The van der Waals surface area contributed by atoms with Gasteiger partial charge in [0, 0.05) is 5.71 Å². The minimum absolute atomic E-state index is 0.919. The molecule has 1 aliphatic carbocycles. The van der Waals surface area contributed by atoms with E-state index in [9.17, 15) is 0 Å². The summed E-state index contributed by atoms with van der Waals surface area (Å²) in [6, 6.07) is 0. The molecule has 10 heavy (non-hydrogen) atoms. The van der Waals surface area contributed by atoms with E-state index >= 15 is 0 Å². The molecule has 1 unspecified atom stereocenters. The van der Waals surface area contributed by atoms with Crippen molar-refractivity contribution in [3.8, 4) is 0 Å². The van der Waals surface area contributed by atoms with Crippen LogP contribution in [0.5, 0.6) is 0 Å². The number of hydrogen-bond donors (Lipinski definition) is 1. The third kappa shape index (κ3) is 2.13. The maximum Gasteiger partial charge on any atom is 0.00892 e. The minimum atomic E-state index is 0.919. The first kappa shape index (κ1) is 7.77. The molecule has 1 atom stereocenters. The molecule has 0 amide bonds. The van der Waals surface area contributed by atoms with E-state index < -0.39 is 0 Å². The highest BCUT2D eigenvalue weighted by Crippen LogP contribution is 2.23. The molecule has 58 valence electrons. The minimum Gasteiger partial charge on any atom is -0.310 e. The molecule has 0 saturated heterocycles. The average Bonchev–Trinajstić information content (AvgIpc) is 2.14. The Morgan fingerprint density at radius 2 is 2.20 bits per heavy atom. The van der Waals surface area contributed by atoms with Crippen LogP contribution in [0.4, 0.5) is 0 Å². The van der Waals surface area contributed by atoms with Crippen LogP contribution in [0.2, 0.25) is 0 Å². The third-order valence-corrected chi connectivity index (χ3v) is 2.52. The summed E-state index contributed by atoms with van der Waals surface area (Å²) in [4.78, 5) is 0. The lowest BCUT2D eigenvalue weighted by molar-refractivity contribution is 0.450. The topological polar surface area (TPSA) is 23.9 Å². The van der Waals surface area contributed by atoms with Gasteiger partial charge in [0.15, 0.2) is 0 Å². The van der Waals surface area contributed by atoms with Crippen LogP contribution in [0.1, 0.15) is 45.4 Å². The zero-order valence-corrected chi connectivity index (χ0v) is 6.82. The van der Waals surface area contributed by atoms with Crippen molar-refractivity contribution in [3.63, 3.8) is 0 Å². The Hall–Kier alpha value is -0.330. The summed E-state index contributed by atoms with van der Waals surface area (Å²) in [5, 5.41) is 7.49. The molecule has 0 spiro atoms. The van der Waals surface area contributed by atoms with Gasteiger partial charge >= 0.3 is 0 Å². The lowest BCUT2D eigenvalue weighted by Gasteiger charge is -2.08.